The zero-order chi connectivity index (χ0) is 12.9. The quantitative estimate of drug-likeness (QED) is 0.677. The van der Waals surface area contributed by atoms with Crippen LogP contribution < -0.4 is 0 Å². The Bertz CT molecular complexity index is 744. The van der Waals surface area contributed by atoms with Crippen LogP contribution in [-0.2, 0) is 0 Å². The first-order valence-electron chi connectivity index (χ1n) is 5.52. The molecule has 0 amide bonds. The Kier molecular flexibility index (Phi) is 2.38. The fourth-order valence-corrected chi connectivity index (χ4v) is 2.10. The lowest BCUT2D eigenvalue weighted by Gasteiger charge is -2.04. The Morgan fingerprint density at radius 3 is 2.61 bits per heavy atom. The minimum absolute atomic E-state index is 0.460. The molecular formula is C12H11ClN4O. The van der Waals surface area contributed by atoms with Crippen molar-refractivity contribution in [1.82, 2.24) is 19.8 Å². The van der Waals surface area contributed by atoms with Crippen molar-refractivity contribution in [1.29, 1.82) is 0 Å². The van der Waals surface area contributed by atoms with Crippen LogP contribution in [0.25, 0.3) is 17.0 Å². The number of furan rings is 1. The maximum atomic E-state index is 6.11. The minimum atomic E-state index is 0.460. The van der Waals surface area contributed by atoms with Gasteiger partial charge >= 0.3 is 0 Å². The Labute approximate surface area is 108 Å². The van der Waals surface area contributed by atoms with Crippen molar-refractivity contribution in [2.45, 2.75) is 20.8 Å². The zero-order valence-electron chi connectivity index (χ0n) is 10.2. The van der Waals surface area contributed by atoms with Gasteiger partial charge in [0.25, 0.3) is 0 Å². The van der Waals surface area contributed by atoms with Crippen molar-refractivity contribution in [2.24, 2.45) is 0 Å². The average molecular weight is 263 g/mol. The van der Waals surface area contributed by atoms with Gasteiger partial charge in [0, 0.05) is 5.56 Å². The molecular weight excluding hydrogens is 252 g/mol. The molecule has 3 rings (SSSR count). The highest BCUT2D eigenvalue weighted by molar-refractivity contribution is 6.30. The van der Waals surface area contributed by atoms with E-state index < -0.39 is 0 Å². The predicted octanol–water partition coefficient (Wildman–Crippen LogP) is 2.96. The van der Waals surface area contributed by atoms with E-state index in [0.717, 1.165) is 22.5 Å². The number of nitrogens with zero attached hydrogens (tertiary/aromatic N) is 4. The molecule has 0 N–H and O–H groups in total. The molecule has 0 aliphatic rings. The third-order valence-corrected chi connectivity index (χ3v) is 3.49. The number of hydrogen-bond donors (Lipinski definition) is 0. The van der Waals surface area contributed by atoms with Gasteiger partial charge in [-0.1, -0.05) is 11.6 Å². The summed E-state index contributed by atoms with van der Waals surface area (Å²) in [6, 6.07) is 1.84. The Balaban J connectivity index is 2.37. The van der Waals surface area contributed by atoms with E-state index in [1.165, 1.54) is 0 Å². The van der Waals surface area contributed by atoms with Crippen LogP contribution >= 0.6 is 11.6 Å². The molecule has 0 aliphatic carbocycles. The van der Waals surface area contributed by atoms with Gasteiger partial charge in [0.2, 0.25) is 0 Å². The fourth-order valence-electron chi connectivity index (χ4n) is 1.88. The van der Waals surface area contributed by atoms with Crippen LogP contribution in [0.4, 0.5) is 0 Å². The second kappa shape index (κ2) is 3.81. The monoisotopic (exact) mass is 262 g/mol. The van der Waals surface area contributed by atoms with Crippen molar-refractivity contribution < 1.29 is 4.42 Å². The van der Waals surface area contributed by atoms with Crippen molar-refractivity contribution in [3.8, 4) is 11.4 Å². The first kappa shape index (κ1) is 11.2. The molecule has 0 aliphatic heterocycles. The number of aromatic nitrogens is 4. The third-order valence-electron chi connectivity index (χ3n) is 3.14. The highest BCUT2D eigenvalue weighted by Crippen LogP contribution is 2.26. The van der Waals surface area contributed by atoms with E-state index in [0.29, 0.717) is 16.6 Å². The van der Waals surface area contributed by atoms with Gasteiger partial charge in [-0.3, -0.25) is 0 Å². The second-order valence-corrected chi connectivity index (χ2v) is 4.55. The van der Waals surface area contributed by atoms with Crippen molar-refractivity contribution in [2.75, 3.05) is 0 Å². The van der Waals surface area contributed by atoms with Gasteiger partial charge in [-0.05, 0) is 32.4 Å². The Morgan fingerprint density at radius 1 is 1.17 bits per heavy atom. The molecule has 92 valence electrons. The molecule has 0 unspecified atom stereocenters. The lowest BCUT2D eigenvalue weighted by atomic mass is 10.2. The standard InChI is InChI=1S/C12H11ClN4O/c1-6-7(2)11-14-15-12(17(11)16-10(6)13)9-4-5-18-8(9)3/h4-5H,1-3H3. The van der Waals surface area contributed by atoms with E-state index in [9.17, 15) is 0 Å². The molecule has 0 atom stereocenters. The normalized spacial score (nSPS) is 11.3. The third kappa shape index (κ3) is 1.44. The van der Waals surface area contributed by atoms with Crippen LogP contribution in [0, 0.1) is 20.8 Å². The topological polar surface area (TPSA) is 56.2 Å². The molecule has 0 radical (unpaired) electrons. The van der Waals surface area contributed by atoms with Crippen LogP contribution in [0.5, 0.6) is 0 Å². The van der Waals surface area contributed by atoms with E-state index in [2.05, 4.69) is 15.3 Å². The van der Waals surface area contributed by atoms with Gasteiger partial charge in [-0.25, -0.2) is 0 Å². The molecule has 0 aromatic carbocycles. The van der Waals surface area contributed by atoms with Gasteiger partial charge in [0.1, 0.15) is 5.76 Å². The molecule has 0 saturated heterocycles. The van der Waals surface area contributed by atoms with Crippen molar-refractivity contribution in [3.63, 3.8) is 0 Å². The SMILES string of the molecule is Cc1occc1-c1nnc2c(C)c(C)c(Cl)nn12. The first-order chi connectivity index (χ1) is 8.59. The highest BCUT2D eigenvalue weighted by atomic mass is 35.5. The van der Waals surface area contributed by atoms with Crippen LogP contribution in [0.1, 0.15) is 16.9 Å². The Hall–Kier alpha value is -1.88. The summed E-state index contributed by atoms with van der Waals surface area (Å²) in [5, 5.41) is 13.1. The van der Waals surface area contributed by atoms with Crippen LogP contribution in [0.15, 0.2) is 16.7 Å². The molecule has 3 heterocycles. The Morgan fingerprint density at radius 2 is 1.94 bits per heavy atom. The number of halogens is 1. The molecule has 0 fully saturated rings. The van der Waals surface area contributed by atoms with E-state index in [-0.39, 0.29) is 0 Å². The molecule has 0 spiro atoms. The van der Waals surface area contributed by atoms with Crippen LogP contribution in [0.3, 0.4) is 0 Å². The van der Waals surface area contributed by atoms with Gasteiger partial charge in [0.15, 0.2) is 16.6 Å². The van der Waals surface area contributed by atoms with Gasteiger partial charge in [-0.2, -0.15) is 9.61 Å². The van der Waals surface area contributed by atoms with Gasteiger partial charge in [-0.15, -0.1) is 10.2 Å². The van der Waals surface area contributed by atoms with E-state index >= 15 is 0 Å². The molecule has 0 bridgehead atoms. The average Bonchev–Trinajstić information content (AvgIpc) is 2.92. The molecule has 0 saturated carbocycles. The van der Waals surface area contributed by atoms with Crippen molar-refractivity contribution in [3.05, 3.63) is 34.4 Å². The second-order valence-electron chi connectivity index (χ2n) is 4.19. The van der Waals surface area contributed by atoms with Crippen LogP contribution in [-0.4, -0.2) is 19.8 Å². The summed E-state index contributed by atoms with van der Waals surface area (Å²) in [7, 11) is 0. The van der Waals surface area contributed by atoms with E-state index in [1.807, 2.05) is 26.8 Å². The maximum Gasteiger partial charge on any atom is 0.188 e. The summed E-state index contributed by atoms with van der Waals surface area (Å²) in [5.74, 6) is 1.42. The lowest BCUT2D eigenvalue weighted by molar-refractivity contribution is 0.535. The summed E-state index contributed by atoms with van der Waals surface area (Å²) < 4.78 is 6.93. The number of fused-ring (bicyclic) bond motifs is 1. The molecule has 3 aromatic rings. The van der Waals surface area contributed by atoms with E-state index in [1.54, 1.807) is 10.8 Å². The van der Waals surface area contributed by atoms with Gasteiger partial charge < -0.3 is 4.42 Å². The molecule has 18 heavy (non-hydrogen) atoms. The first-order valence-corrected chi connectivity index (χ1v) is 5.90. The minimum Gasteiger partial charge on any atom is -0.469 e. The maximum absolute atomic E-state index is 6.11. The smallest absolute Gasteiger partial charge is 0.188 e. The lowest BCUT2D eigenvalue weighted by Crippen LogP contribution is -2.00. The van der Waals surface area contributed by atoms with E-state index in [4.69, 9.17) is 16.0 Å². The summed E-state index contributed by atoms with van der Waals surface area (Å²) in [5.41, 5.74) is 3.49. The van der Waals surface area contributed by atoms with Crippen molar-refractivity contribution >= 4 is 17.2 Å². The summed E-state index contributed by atoms with van der Waals surface area (Å²) in [6.07, 6.45) is 1.62. The largest absolute Gasteiger partial charge is 0.469 e. The molecule has 3 aromatic heterocycles. The zero-order valence-corrected chi connectivity index (χ0v) is 11.0. The molecule has 6 heteroatoms. The number of hydrogen-bond acceptors (Lipinski definition) is 4. The molecule has 5 nitrogen and oxygen atoms in total. The summed E-state index contributed by atoms with van der Waals surface area (Å²) >= 11 is 6.11. The fraction of sp³-hybridized carbons (Fsp3) is 0.250. The highest BCUT2D eigenvalue weighted by Gasteiger charge is 2.17. The van der Waals surface area contributed by atoms with Crippen LogP contribution in [0.2, 0.25) is 5.15 Å². The number of rotatable bonds is 1. The summed E-state index contributed by atoms with van der Waals surface area (Å²) in [6.45, 7) is 5.75. The summed E-state index contributed by atoms with van der Waals surface area (Å²) in [4.78, 5) is 0. The van der Waals surface area contributed by atoms with Gasteiger partial charge in [0.05, 0.1) is 11.8 Å². The predicted molar refractivity (Wildman–Crippen MR) is 67.7 cm³/mol. The number of aryl methyl sites for hydroxylation is 2.